The predicted molar refractivity (Wildman–Crippen MR) is 80.4 cm³/mol. The molecule has 0 aliphatic heterocycles. The molecule has 0 aliphatic carbocycles. The van der Waals surface area contributed by atoms with E-state index >= 15 is 0 Å². The molecule has 0 spiro atoms. The van der Waals surface area contributed by atoms with Crippen molar-refractivity contribution in [3.05, 3.63) is 70.1 Å². The van der Waals surface area contributed by atoms with Gasteiger partial charge in [-0.3, -0.25) is 4.79 Å². The molecule has 0 saturated heterocycles. The molecule has 2 nitrogen and oxygen atoms in total. The maximum absolute atomic E-state index is 13.6. The number of rotatable bonds is 3. The van der Waals surface area contributed by atoms with Crippen LogP contribution in [-0.4, -0.2) is 10.8 Å². The summed E-state index contributed by atoms with van der Waals surface area (Å²) in [7, 11) is 0. The quantitative estimate of drug-likeness (QED) is 0.704. The number of carbonyl (C=O) groups excluding carboxylic acids is 1. The van der Waals surface area contributed by atoms with Crippen LogP contribution in [0.2, 0.25) is 0 Å². The fourth-order valence-electron chi connectivity index (χ4n) is 2.23. The van der Waals surface area contributed by atoms with Crippen molar-refractivity contribution in [1.82, 2.24) is 4.98 Å². The second-order valence-electron chi connectivity index (χ2n) is 4.58. The van der Waals surface area contributed by atoms with Crippen LogP contribution in [0.4, 0.5) is 4.39 Å². The lowest BCUT2D eigenvalue weighted by Gasteiger charge is -2.02. The standard InChI is InChI=1S/C16H11BrFNO/c17-11-5-6-15-12(8-11)13(9-19-15)16(20)7-10-3-1-2-4-14(10)18/h1-6,8-9,19H,7H2. The molecule has 0 radical (unpaired) electrons. The molecule has 3 rings (SSSR count). The van der Waals surface area contributed by atoms with Crippen LogP contribution in [0, 0.1) is 5.82 Å². The summed E-state index contributed by atoms with van der Waals surface area (Å²) in [6, 6.07) is 12.1. The highest BCUT2D eigenvalue weighted by molar-refractivity contribution is 9.10. The van der Waals surface area contributed by atoms with E-state index in [1.54, 1.807) is 24.4 Å². The second-order valence-corrected chi connectivity index (χ2v) is 5.50. The van der Waals surface area contributed by atoms with E-state index in [1.807, 2.05) is 18.2 Å². The van der Waals surface area contributed by atoms with Gasteiger partial charge in [-0.1, -0.05) is 34.1 Å². The average Bonchev–Trinajstić information content (AvgIpc) is 2.84. The SMILES string of the molecule is O=C(Cc1ccccc1F)c1c[nH]c2ccc(Br)cc12. The highest BCUT2D eigenvalue weighted by Crippen LogP contribution is 2.24. The number of carbonyl (C=O) groups is 1. The van der Waals surface area contributed by atoms with Crippen LogP contribution >= 0.6 is 15.9 Å². The summed E-state index contributed by atoms with van der Waals surface area (Å²) in [5.74, 6) is -0.443. The molecule has 1 N–H and O–H groups in total. The molecule has 0 fully saturated rings. The van der Waals surface area contributed by atoms with E-state index in [9.17, 15) is 9.18 Å². The third-order valence-corrected chi connectivity index (χ3v) is 3.75. The Balaban J connectivity index is 1.97. The zero-order valence-corrected chi connectivity index (χ0v) is 12.1. The topological polar surface area (TPSA) is 32.9 Å². The summed E-state index contributed by atoms with van der Waals surface area (Å²) in [4.78, 5) is 15.4. The minimum Gasteiger partial charge on any atom is -0.360 e. The highest BCUT2D eigenvalue weighted by atomic mass is 79.9. The molecular weight excluding hydrogens is 321 g/mol. The molecule has 0 unspecified atom stereocenters. The van der Waals surface area contributed by atoms with E-state index < -0.39 is 0 Å². The second kappa shape index (κ2) is 5.21. The molecule has 20 heavy (non-hydrogen) atoms. The van der Waals surface area contributed by atoms with Gasteiger partial charge in [-0.2, -0.15) is 0 Å². The number of aromatic amines is 1. The van der Waals surface area contributed by atoms with Gasteiger partial charge in [0.25, 0.3) is 0 Å². The van der Waals surface area contributed by atoms with Gasteiger partial charge in [-0.05, 0) is 29.8 Å². The number of H-pyrrole nitrogens is 1. The van der Waals surface area contributed by atoms with Crippen LogP contribution in [0.1, 0.15) is 15.9 Å². The smallest absolute Gasteiger partial charge is 0.169 e. The zero-order chi connectivity index (χ0) is 14.1. The van der Waals surface area contributed by atoms with Crippen LogP contribution in [-0.2, 0) is 6.42 Å². The monoisotopic (exact) mass is 331 g/mol. The van der Waals surface area contributed by atoms with Crippen LogP contribution in [0.3, 0.4) is 0 Å². The van der Waals surface area contributed by atoms with Crippen LogP contribution < -0.4 is 0 Å². The highest BCUT2D eigenvalue weighted by Gasteiger charge is 2.14. The fourth-order valence-corrected chi connectivity index (χ4v) is 2.59. The third kappa shape index (κ3) is 2.39. The van der Waals surface area contributed by atoms with E-state index in [1.165, 1.54) is 6.07 Å². The van der Waals surface area contributed by atoms with E-state index in [4.69, 9.17) is 0 Å². The van der Waals surface area contributed by atoms with Gasteiger partial charge < -0.3 is 4.98 Å². The summed E-state index contributed by atoms with van der Waals surface area (Å²) in [6.45, 7) is 0. The molecule has 3 aromatic rings. The number of nitrogens with one attached hydrogen (secondary N) is 1. The Kier molecular flexibility index (Phi) is 3.40. The van der Waals surface area contributed by atoms with Crippen molar-refractivity contribution in [3.63, 3.8) is 0 Å². The molecule has 2 aromatic carbocycles. The van der Waals surface area contributed by atoms with Crippen LogP contribution in [0.25, 0.3) is 10.9 Å². The van der Waals surface area contributed by atoms with Crippen molar-refractivity contribution >= 4 is 32.6 Å². The fraction of sp³-hybridized carbons (Fsp3) is 0.0625. The van der Waals surface area contributed by atoms with Crippen molar-refractivity contribution in [1.29, 1.82) is 0 Å². The molecule has 1 heterocycles. The first-order valence-electron chi connectivity index (χ1n) is 6.18. The average molecular weight is 332 g/mol. The summed E-state index contributed by atoms with van der Waals surface area (Å²) >= 11 is 3.39. The first-order valence-corrected chi connectivity index (χ1v) is 6.97. The first kappa shape index (κ1) is 13.1. The summed E-state index contributed by atoms with van der Waals surface area (Å²) in [6.07, 6.45) is 1.74. The van der Waals surface area contributed by atoms with Gasteiger partial charge in [0.1, 0.15) is 5.82 Å². The van der Waals surface area contributed by atoms with Crippen molar-refractivity contribution in [2.24, 2.45) is 0 Å². The van der Waals surface area contributed by atoms with Gasteiger partial charge in [0, 0.05) is 33.6 Å². The van der Waals surface area contributed by atoms with Gasteiger partial charge >= 0.3 is 0 Å². The number of benzene rings is 2. The van der Waals surface area contributed by atoms with E-state index in [0.717, 1.165) is 15.4 Å². The van der Waals surface area contributed by atoms with Crippen molar-refractivity contribution in [2.75, 3.05) is 0 Å². The van der Waals surface area contributed by atoms with Gasteiger partial charge in [0.15, 0.2) is 5.78 Å². The van der Waals surface area contributed by atoms with E-state index in [-0.39, 0.29) is 18.0 Å². The summed E-state index contributed by atoms with van der Waals surface area (Å²) in [5, 5.41) is 0.848. The Labute approximate surface area is 123 Å². The summed E-state index contributed by atoms with van der Waals surface area (Å²) in [5.41, 5.74) is 1.90. The number of ketones is 1. The molecule has 0 atom stereocenters. The van der Waals surface area contributed by atoms with Gasteiger partial charge in [0.05, 0.1) is 0 Å². The number of hydrogen-bond donors (Lipinski definition) is 1. The summed E-state index contributed by atoms with van der Waals surface area (Å²) < 4.78 is 14.5. The molecule has 0 aliphatic rings. The van der Waals surface area contributed by atoms with Crippen LogP contribution in [0.15, 0.2) is 53.1 Å². The molecular formula is C16H11BrFNO. The number of Topliss-reactive ketones (excluding diaryl/α,β-unsaturated/α-hetero) is 1. The molecule has 100 valence electrons. The minimum absolute atomic E-state index is 0.0616. The van der Waals surface area contributed by atoms with Crippen molar-refractivity contribution < 1.29 is 9.18 Å². The Morgan fingerprint density at radius 2 is 2.00 bits per heavy atom. The number of fused-ring (bicyclic) bond motifs is 1. The molecule has 0 bridgehead atoms. The third-order valence-electron chi connectivity index (χ3n) is 3.25. The molecule has 1 aromatic heterocycles. The zero-order valence-electron chi connectivity index (χ0n) is 10.5. The normalized spacial score (nSPS) is 10.9. The van der Waals surface area contributed by atoms with E-state index in [2.05, 4.69) is 20.9 Å². The van der Waals surface area contributed by atoms with Gasteiger partial charge in [0.2, 0.25) is 0 Å². The Morgan fingerprint density at radius 1 is 1.20 bits per heavy atom. The molecule has 0 amide bonds. The lowest BCUT2D eigenvalue weighted by molar-refractivity contribution is 0.0993. The largest absolute Gasteiger partial charge is 0.360 e. The Bertz CT molecular complexity index is 794. The minimum atomic E-state index is -0.345. The number of aromatic nitrogens is 1. The van der Waals surface area contributed by atoms with Crippen molar-refractivity contribution in [3.8, 4) is 0 Å². The number of hydrogen-bond acceptors (Lipinski definition) is 1. The molecule has 0 saturated carbocycles. The Hall–Kier alpha value is -1.94. The Morgan fingerprint density at radius 3 is 2.80 bits per heavy atom. The predicted octanol–water partition coefficient (Wildman–Crippen LogP) is 4.49. The maximum atomic E-state index is 13.6. The van der Waals surface area contributed by atoms with Gasteiger partial charge in [-0.15, -0.1) is 0 Å². The number of halogens is 2. The molecule has 4 heteroatoms. The van der Waals surface area contributed by atoms with Crippen LogP contribution in [0.5, 0.6) is 0 Å². The van der Waals surface area contributed by atoms with Gasteiger partial charge in [-0.25, -0.2) is 4.39 Å². The first-order chi connectivity index (χ1) is 9.65. The van der Waals surface area contributed by atoms with E-state index in [0.29, 0.717) is 11.1 Å². The lowest BCUT2D eigenvalue weighted by Crippen LogP contribution is -2.04. The maximum Gasteiger partial charge on any atom is 0.169 e. The van der Waals surface area contributed by atoms with Crippen molar-refractivity contribution in [2.45, 2.75) is 6.42 Å². The lowest BCUT2D eigenvalue weighted by atomic mass is 10.0.